The van der Waals surface area contributed by atoms with Gasteiger partial charge in [-0.15, -0.1) is 0 Å². The number of hydrogen-bond donors (Lipinski definition) is 2. The number of morpholine rings is 1. The Kier molecular flexibility index (Phi) is 3.53. The van der Waals surface area contributed by atoms with Crippen LogP contribution < -0.4 is 10.1 Å². The summed E-state index contributed by atoms with van der Waals surface area (Å²) in [5.74, 6) is 0.504. The molecule has 1 aromatic rings. The average Bonchev–Trinajstić information content (AvgIpc) is 2.33. The second-order valence-electron chi connectivity index (χ2n) is 3.63. The van der Waals surface area contributed by atoms with Crippen molar-refractivity contribution in [2.24, 2.45) is 0 Å². The van der Waals surface area contributed by atoms with Gasteiger partial charge < -0.3 is 19.9 Å². The number of hydrogen-bond acceptors (Lipinski definition) is 4. The first-order valence-corrected chi connectivity index (χ1v) is 5.47. The molecular weight excluding hydrogens is 230 g/mol. The molecule has 1 heterocycles. The summed E-state index contributed by atoms with van der Waals surface area (Å²) in [6.45, 7) is 1.98. The fourth-order valence-corrected chi connectivity index (χ4v) is 2.00. The van der Waals surface area contributed by atoms with Crippen LogP contribution in [0.15, 0.2) is 12.1 Å². The molecule has 1 aromatic carbocycles. The maximum Gasteiger partial charge on any atom is 0.162 e. The summed E-state index contributed by atoms with van der Waals surface area (Å²) >= 11 is 5.96. The molecular formula is C11H14ClNO3. The van der Waals surface area contributed by atoms with Gasteiger partial charge in [-0.05, 0) is 6.07 Å². The Morgan fingerprint density at radius 3 is 3.00 bits per heavy atom. The lowest BCUT2D eigenvalue weighted by Gasteiger charge is -2.25. The van der Waals surface area contributed by atoms with Gasteiger partial charge in [0.1, 0.15) is 0 Å². The summed E-state index contributed by atoms with van der Waals surface area (Å²) in [4.78, 5) is 0. The fourth-order valence-electron chi connectivity index (χ4n) is 1.78. The summed E-state index contributed by atoms with van der Waals surface area (Å²) in [5.41, 5.74) is 0.712. The number of phenols is 1. The highest BCUT2D eigenvalue weighted by atomic mass is 35.5. The molecule has 1 aliphatic rings. The van der Waals surface area contributed by atoms with Gasteiger partial charge in [-0.3, -0.25) is 0 Å². The van der Waals surface area contributed by atoms with Crippen LogP contribution in [-0.4, -0.2) is 32.0 Å². The number of benzene rings is 1. The van der Waals surface area contributed by atoms with E-state index in [0.29, 0.717) is 29.5 Å². The summed E-state index contributed by atoms with van der Waals surface area (Å²) in [7, 11) is 1.50. The molecule has 0 saturated carbocycles. The Morgan fingerprint density at radius 1 is 1.56 bits per heavy atom. The second-order valence-corrected chi connectivity index (χ2v) is 4.06. The Labute approximate surface area is 99.1 Å². The van der Waals surface area contributed by atoms with E-state index in [9.17, 15) is 5.11 Å². The van der Waals surface area contributed by atoms with Gasteiger partial charge in [0, 0.05) is 23.2 Å². The van der Waals surface area contributed by atoms with Crippen molar-refractivity contribution in [2.45, 2.75) is 6.04 Å². The van der Waals surface area contributed by atoms with Gasteiger partial charge >= 0.3 is 0 Å². The predicted octanol–water partition coefficient (Wildman–Crippen LogP) is 1.72. The van der Waals surface area contributed by atoms with Crippen molar-refractivity contribution in [3.05, 3.63) is 22.7 Å². The van der Waals surface area contributed by atoms with Crippen molar-refractivity contribution >= 4 is 11.6 Å². The molecule has 2 rings (SSSR count). The van der Waals surface area contributed by atoms with Crippen LogP contribution in [0.2, 0.25) is 5.02 Å². The molecule has 5 heteroatoms. The Morgan fingerprint density at radius 2 is 2.38 bits per heavy atom. The third kappa shape index (κ3) is 2.24. The van der Waals surface area contributed by atoms with E-state index in [-0.39, 0.29) is 11.8 Å². The van der Waals surface area contributed by atoms with Crippen LogP contribution in [0.25, 0.3) is 0 Å². The minimum Gasteiger partial charge on any atom is -0.504 e. The van der Waals surface area contributed by atoms with Crippen molar-refractivity contribution < 1.29 is 14.6 Å². The molecule has 1 saturated heterocycles. The van der Waals surface area contributed by atoms with E-state index in [2.05, 4.69) is 5.32 Å². The highest BCUT2D eigenvalue weighted by Crippen LogP contribution is 2.37. The van der Waals surface area contributed by atoms with E-state index >= 15 is 0 Å². The van der Waals surface area contributed by atoms with Gasteiger partial charge in [0.15, 0.2) is 11.5 Å². The smallest absolute Gasteiger partial charge is 0.162 e. The standard InChI is InChI=1S/C11H14ClNO3/c1-15-10-5-7(12)4-8(11(10)14)9-6-16-3-2-13-9/h4-5,9,13-14H,2-3,6H2,1H3. The molecule has 1 aliphatic heterocycles. The molecule has 4 nitrogen and oxygen atoms in total. The first-order valence-electron chi connectivity index (χ1n) is 5.10. The quantitative estimate of drug-likeness (QED) is 0.831. The van der Waals surface area contributed by atoms with Crippen LogP contribution in [0.4, 0.5) is 0 Å². The number of methoxy groups -OCH3 is 1. The van der Waals surface area contributed by atoms with Gasteiger partial charge in [0.25, 0.3) is 0 Å². The van der Waals surface area contributed by atoms with Crippen molar-refractivity contribution in [3.8, 4) is 11.5 Å². The SMILES string of the molecule is COc1cc(Cl)cc(C2COCCN2)c1O. The van der Waals surface area contributed by atoms with E-state index in [0.717, 1.165) is 6.54 Å². The topological polar surface area (TPSA) is 50.7 Å². The van der Waals surface area contributed by atoms with Gasteiger partial charge in [-0.2, -0.15) is 0 Å². The normalized spacial score (nSPS) is 20.8. The van der Waals surface area contributed by atoms with E-state index in [1.54, 1.807) is 12.1 Å². The van der Waals surface area contributed by atoms with Gasteiger partial charge in [0.05, 0.1) is 26.4 Å². The second kappa shape index (κ2) is 4.91. The molecule has 1 fully saturated rings. The molecule has 0 aromatic heterocycles. The van der Waals surface area contributed by atoms with E-state index in [1.807, 2.05) is 0 Å². The van der Waals surface area contributed by atoms with Crippen molar-refractivity contribution in [1.29, 1.82) is 0 Å². The van der Waals surface area contributed by atoms with E-state index in [4.69, 9.17) is 21.1 Å². The number of ether oxygens (including phenoxy) is 2. The maximum atomic E-state index is 9.99. The summed E-state index contributed by atoms with van der Waals surface area (Å²) in [6, 6.07) is 3.27. The van der Waals surface area contributed by atoms with Crippen LogP contribution in [0.1, 0.15) is 11.6 Å². The number of phenolic OH excluding ortho intramolecular Hbond substituents is 1. The molecule has 1 unspecified atom stereocenters. The van der Waals surface area contributed by atoms with Crippen LogP contribution in [0.3, 0.4) is 0 Å². The monoisotopic (exact) mass is 243 g/mol. The number of nitrogens with one attached hydrogen (secondary N) is 1. The average molecular weight is 244 g/mol. The largest absolute Gasteiger partial charge is 0.504 e. The third-order valence-corrected chi connectivity index (χ3v) is 2.80. The van der Waals surface area contributed by atoms with Crippen LogP contribution in [0.5, 0.6) is 11.5 Å². The highest BCUT2D eigenvalue weighted by Gasteiger charge is 2.21. The zero-order valence-corrected chi connectivity index (χ0v) is 9.75. The molecule has 0 bridgehead atoms. The van der Waals surface area contributed by atoms with Crippen molar-refractivity contribution in [2.75, 3.05) is 26.9 Å². The molecule has 0 aliphatic carbocycles. The van der Waals surface area contributed by atoms with Crippen LogP contribution >= 0.6 is 11.6 Å². The van der Waals surface area contributed by atoms with Crippen LogP contribution in [0, 0.1) is 0 Å². The molecule has 16 heavy (non-hydrogen) atoms. The molecule has 88 valence electrons. The van der Waals surface area contributed by atoms with Gasteiger partial charge in [-0.1, -0.05) is 11.6 Å². The third-order valence-electron chi connectivity index (χ3n) is 2.59. The first-order chi connectivity index (χ1) is 7.72. The Balaban J connectivity index is 2.34. The Hall–Kier alpha value is -0.970. The minimum absolute atomic E-state index is 0.0404. The summed E-state index contributed by atoms with van der Waals surface area (Å²) in [5, 5.41) is 13.8. The zero-order valence-electron chi connectivity index (χ0n) is 9.00. The van der Waals surface area contributed by atoms with Gasteiger partial charge in [0.2, 0.25) is 0 Å². The van der Waals surface area contributed by atoms with E-state index in [1.165, 1.54) is 7.11 Å². The lowest BCUT2D eigenvalue weighted by atomic mass is 10.0. The molecule has 0 spiro atoms. The minimum atomic E-state index is -0.0404. The van der Waals surface area contributed by atoms with E-state index < -0.39 is 0 Å². The number of aromatic hydroxyl groups is 1. The lowest BCUT2D eigenvalue weighted by Crippen LogP contribution is -2.34. The summed E-state index contributed by atoms with van der Waals surface area (Å²) < 4.78 is 10.4. The van der Waals surface area contributed by atoms with Crippen LogP contribution in [-0.2, 0) is 4.74 Å². The van der Waals surface area contributed by atoms with Crippen molar-refractivity contribution in [3.63, 3.8) is 0 Å². The molecule has 1 atom stereocenters. The number of halogens is 1. The lowest BCUT2D eigenvalue weighted by molar-refractivity contribution is 0.0760. The maximum absolute atomic E-state index is 9.99. The first kappa shape index (κ1) is 11.5. The fraction of sp³-hybridized carbons (Fsp3) is 0.455. The predicted molar refractivity (Wildman–Crippen MR) is 61.2 cm³/mol. The zero-order chi connectivity index (χ0) is 11.5. The molecule has 0 amide bonds. The highest BCUT2D eigenvalue weighted by molar-refractivity contribution is 6.30. The summed E-state index contributed by atoms with van der Waals surface area (Å²) in [6.07, 6.45) is 0. The Bertz CT molecular complexity index is 378. The van der Waals surface area contributed by atoms with Crippen molar-refractivity contribution in [1.82, 2.24) is 5.32 Å². The molecule has 0 radical (unpaired) electrons. The number of rotatable bonds is 2. The van der Waals surface area contributed by atoms with Gasteiger partial charge in [-0.25, -0.2) is 0 Å². The molecule has 2 N–H and O–H groups in total.